The summed E-state index contributed by atoms with van der Waals surface area (Å²) in [6.45, 7) is 2.09. The highest BCUT2D eigenvalue weighted by Gasteiger charge is 2.38. The van der Waals surface area contributed by atoms with E-state index in [1.165, 1.54) is 0 Å². The number of methoxy groups -OCH3 is 1. The summed E-state index contributed by atoms with van der Waals surface area (Å²) in [7, 11) is 1.71. The van der Waals surface area contributed by atoms with Gasteiger partial charge in [-0.25, -0.2) is 4.98 Å². The van der Waals surface area contributed by atoms with Gasteiger partial charge in [-0.2, -0.15) is 0 Å². The van der Waals surface area contributed by atoms with Crippen LogP contribution in [0.3, 0.4) is 0 Å². The summed E-state index contributed by atoms with van der Waals surface area (Å²) in [5, 5.41) is 0. The number of H-pyrrole nitrogens is 1. The Hall–Kier alpha value is -1.16. The third kappa shape index (κ3) is 2.41. The van der Waals surface area contributed by atoms with Crippen molar-refractivity contribution in [3.63, 3.8) is 0 Å². The molecule has 1 aliphatic rings. The minimum absolute atomic E-state index is 0.0678. The Kier molecular flexibility index (Phi) is 3.62. The van der Waals surface area contributed by atoms with Crippen molar-refractivity contribution in [3.8, 4) is 0 Å². The molecule has 2 rings (SSSR count). The number of aryl methyl sites for hydroxylation is 1. The van der Waals surface area contributed by atoms with Crippen LogP contribution in [-0.2, 0) is 16.8 Å². The van der Waals surface area contributed by atoms with Crippen LogP contribution < -0.4 is 5.56 Å². The van der Waals surface area contributed by atoms with E-state index in [2.05, 4.69) is 16.9 Å². The number of nitrogens with zero attached hydrogens (tertiary/aromatic N) is 1. The fourth-order valence-electron chi connectivity index (χ4n) is 2.59. The summed E-state index contributed by atoms with van der Waals surface area (Å²) in [6.07, 6.45) is 6.00. The fraction of sp³-hybridized carbons (Fsp3) is 0.692. The molecular formula is C13H20N2O2. The van der Waals surface area contributed by atoms with Crippen LogP contribution in [0.4, 0.5) is 0 Å². The second-order valence-corrected chi connectivity index (χ2v) is 4.74. The lowest BCUT2D eigenvalue weighted by molar-refractivity contribution is -0.0166. The number of aromatic amines is 1. The molecule has 1 saturated carbocycles. The summed E-state index contributed by atoms with van der Waals surface area (Å²) >= 11 is 0. The number of hydrogen-bond donors (Lipinski definition) is 1. The van der Waals surface area contributed by atoms with Crippen molar-refractivity contribution in [2.24, 2.45) is 0 Å². The number of ether oxygens (including phenoxy) is 1. The number of rotatable bonds is 4. The number of hydrogen-bond acceptors (Lipinski definition) is 3. The maximum Gasteiger partial charge on any atom is 0.251 e. The lowest BCUT2D eigenvalue weighted by Crippen LogP contribution is -2.30. The van der Waals surface area contributed by atoms with Crippen LogP contribution in [-0.4, -0.2) is 17.1 Å². The van der Waals surface area contributed by atoms with Crippen LogP contribution in [0.25, 0.3) is 0 Å². The van der Waals surface area contributed by atoms with Gasteiger partial charge in [-0.05, 0) is 32.1 Å². The van der Waals surface area contributed by atoms with Crippen molar-refractivity contribution >= 4 is 0 Å². The Labute approximate surface area is 101 Å². The smallest absolute Gasteiger partial charge is 0.251 e. The molecule has 0 radical (unpaired) electrons. The molecule has 0 atom stereocenters. The zero-order valence-corrected chi connectivity index (χ0v) is 10.6. The fourth-order valence-corrected chi connectivity index (χ4v) is 2.59. The molecule has 1 aliphatic carbocycles. The lowest BCUT2D eigenvalue weighted by atomic mass is 10.0. The van der Waals surface area contributed by atoms with Crippen LogP contribution in [0.2, 0.25) is 0 Å². The molecule has 1 heterocycles. The maximum absolute atomic E-state index is 11.6. The highest BCUT2D eigenvalue weighted by atomic mass is 16.5. The normalized spacial score (nSPS) is 18.5. The summed E-state index contributed by atoms with van der Waals surface area (Å²) in [5.41, 5.74) is 0.444. The van der Waals surface area contributed by atoms with Crippen molar-refractivity contribution < 1.29 is 4.74 Å². The van der Waals surface area contributed by atoms with E-state index in [9.17, 15) is 4.79 Å². The molecule has 0 bridgehead atoms. The van der Waals surface area contributed by atoms with Gasteiger partial charge in [0, 0.05) is 18.9 Å². The summed E-state index contributed by atoms with van der Waals surface area (Å²) in [6, 6.07) is 1.59. The zero-order chi connectivity index (χ0) is 12.3. The SMILES string of the molecule is CCCc1cc(=O)[nH]c(C2(OC)CCCC2)n1. The van der Waals surface area contributed by atoms with Crippen LogP contribution in [0.5, 0.6) is 0 Å². The molecule has 4 heteroatoms. The Bertz CT molecular complexity index is 433. The molecule has 1 aromatic heterocycles. The largest absolute Gasteiger partial charge is 0.370 e. The van der Waals surface area contributed by atoms with Crippen LogP contribution >= 0.6 is 0 Å². The lowest BCUT2D eigenvalue weighted by Gasteiger charge is -2.26. The highest BCUT2D eigenvalue weighted by Crippen LogP contribution is 2.39. The van der Waals surface area contributed by atoms with Gasteiger partial charge in [0.2, 0.25) is 0 Å². The molecule has 0 saturated heterocycles. The first-order valence-electron chi connectivity index (χ1n) is 6.36. The van der Waals surface area contributed by atoms with E-state index < -0.39 is 0 Å². The monoisotopic (exact) mass is 236 g/mol. The van der Waals surface area contributed by atoms with E-state index >= 15 is 0 Å². The molecule has 17 heavy (non-hydrogen) atoms. The van der Waals surface area contributed by atoms with E-state index in [-0.39, 0.29) is 11.2 Å². The van der Waals surface area contributed by atoms with Gasteiger partial charge in [0.25, 0.3) is 5.56 Å². The van der Waals surface area contributed by atoms with E-state index in [0.717, 1.165) is 44.2 Å². The molecule has 0 spiro atoms. The highest BCUT2D eigenvalue weighted by molar-refractivity contribution is 5.10. The minimum Gasteiger partial charge on any atom is -0.370 e. The van der Waals surface area contributed by atoms with Gasteiger partial charge in [-0.1, -0.05) is 13.3 Å². The standard InChI is InChI=1S/C13H20N2O2/c1-3-6-10-9-11(16)15-12(14-10)13(17-2)7-4-5-8-13/h9H,3-8H2,1-2H3,(H,14,15,16). The van der Waals surface area contributed by atoms with Crippen molar-refractivity contribution in [2.45, 2.75) is 51.0 Å². The second-order valence-electron chi connectivity index (χ2n) is 4.74. The summed E-state index contributed by atoms with van der Waals surface area (Å²) in [4.78, 5) is 19.1. The molecule has 0 aliphatic heterocycles. The summed E-state index contributed by atoms with van der Waals surface area (Å²) in [5.74, 6) is 0.716. The van der Waals surface area contributed by atoms with Crippen molar-refractivity contribution in [3.05, 3.63) is 27.9 Å². The topological polar surface area (TPSA) is 55.0 Å². The molecule has 1 N–H and O–H groups in total. The summed E-state index contributed by atoms with van der Waals surface area (Å²) < 4.78 is 5.64. The van der Waals surface area contributed by atoms with Crippen molar-refractivity contribution in [1.82, 2.24) is 9.97 Å². The first-order chi connectivity index (χ1) is 8.20. The Morgan fingerprint density at radius 2 is 2.18 bits per heavy atom. The van der Waals surface area contributed by atoms with Crippen LogP contribution in [0.15, 0.2) is 10.9 Å². The third-order valence-electron chi connectivity index (χ3n) is 3.53. The molecular weight excluding hydrogens is 216 g/mol. The number of aromatic nitrogens is 2. The van der Waals surface area contributed by atoms with E-state index in [0.29, 0.717) is 5.82 Å². The minimum atomic E-state index is -0.358. The Morgan fingerprint density at radius 3 is 2.76 bits per heavy atom. The first kappa shape index (κ1) is 12.3. The third-order valence-corrected chi connectivity index (χ3v) is 3.53. The quantitative estimate of drug-likeness (QED) is 0.871. The van der Waals surface area contributed by atoms with Gasteiger partial charge in [-0.3, -0.25) is 4.79 Å². The van der Waals surface area contributed by atoms with Gasteiger partial charge < -0.3 is 9.72 Å². The molecule has 4 nitrogen and oxygen atoms in total. The van der Waals surface area contributed by atoms with Gasteiger partial charge in [-0.15, -0.1) is 0 Å². The molecule has 1 fully saturated rings. The predicted molar refractivity (Wildman–Crippen MR) is 66.0 cm³/mol. The molecule has 0 aromatic carbocycles. The Balaban J connectivity index is 2.39. The van der Waals surface area contributed by atoms with Gasteiger partial charge in [0.15, 0.2) is 0 Å². The van der Waals surface area contributed by atoms with E-state index in [1.54, 1.807) is 13.2 Å². The molecule has 1 aromatic rings. The maximum atomic E-state index is 11.6. The second kappa shape index (κ2) is 5.00. The zero-order valence-electron chi connectivity index (χ0n) is 10.6. The number of nitrogens with one attached hydrogen (secondary N) is 1. The first-order valence-corrected chi connectivity index (χ1v) is 6.36. The molecule has 0 amide bonds. The van der Waals surface area contributed by atoms with Crippen LogP contribution in [0, 0.1) is 0 Å². The van der Waals surface area contributed by atoms with Gasteiger partial charge in [0.1, 0.15) is 11.4 Å². The van der Waals surface area contributed by atoms with E-state index in [4.69, 9.17) is 4.74 Å². The van der Waals surface area contributed by atoms with Crippen molar-refractivity contribution in [1.29, 1.82) is 0 Å². The average Bonchev–Trinajstić information content (AvgIpc) is 2.78. The average molecular weight is 236 g/mol. The van der Waals surface area contributed by atoms with Gasteiger partial charge in [0.05, 0.1) is 0 Å². The van der Waals surface area contributed by atoms with Crippen molar-refractivity contribution in [2.75, 3.05) is 7.11 Å². The van der Waals surface area contributed by atoms with Gasteiger partial charge >= 0.3 is 0 Å². The molecule has 94 valence electrons. The Morgan fingerprint density at radius 1 is 1.47 bits per heavy atom. The van der Waals surface area contributed by atoms with E-state index in [1.807, 2.05) is 0 Å². The molecule has 0 unspecified atom stereocenters. The van der Waals surface area contributed by atoms with Crippen LogP contribution in [0.1, 0.15) is 50.5 Å². The predicted octanol–water partition coefficient (Wildman–Crippen LogP) is 2.14.